The topological polar surface area (TPSA) is 35.5 Å². The van der Waals surface area contributed by atoms with Crippen molar-refractivity contribution in [1.29, 1.82) is 0 Å². The Balaban J connectivity index is 2.43. The van der Waals surface area contributed by atoms with E-state index in [2.05, 4.69) is 16.1 Å². The Kier molecular flexibility index (Phi) is 3.03. The van der Waals surface area contributed by atoms with E-state index in [1.165, 1.54) is 0 Å². The molecule has 1 aliphatic heterocycles. The van der Waals surface area contributed by atoms with E-state index >= 15 is 0 Å². The molecule has 7 heteroatoms. The number of ether oxygens (including phenoxy) is 2. The number of hydrogen-bond donors (Lipinski definition) is 0. The molecule has 3 nitrogen and oxygen atoms in total. The van der Waals surface area contributed by atoms with Crippen LogP contribution in [0.2, 0.25) is 0 Å². The summed E-state index contributed by atoms with van der Waals surface area (Å²) in [5.41, 5.74) is -3.42. The van der Waals surface area contributed by atoms with E-state index in [4.69, 9.17) is 0 Å². The summed E-state index contributed by atoms with van der Waals surface area (Å²) in [4.78, 5) is 10.5. The maximum Gasteiger partial charge on any atom is 0.397 e. The molecule has 1 heterocycles. The zero-order valence-electron chi connectivity index (χ0n) is 7.51. The minimum Gasteiger partial charge on any atom is -0.462 e. The van der Waals surface area contributed by atoms with Gasteiger partial charge in [0.25, 0.3) is 5.67 Å². The zero-order chi connectivity index (χ0) is 11.7. The predicted octanol–water partition coefficient (Wildman–Crippen LogP) is 1.73. The summed E-state index contributed by atoms with van der Waals surface area (Å²) in [6, 6.07) is 0. The molecule has 0 bridgehead atoms. The van der Waals surface area contributed by atoms with Gasteiger partial charge in [-0.05, 0) is 0 Å². The molecule has 0 amide bonds. The first-order valence-electron chi connectivity index (χ1n) is 4.01. The van der Waals surface area contributed by atoms with Gasteiger partial charge in [0.2, 0.25) is 6.36 Å². The van der Waals surface area contributed by atoms with Crippen molar-refractivity contribution in [3.63, 3.8) is 0 Å². The highest BCUT2D eigenvalue weighted by atomic mass is 19.3. The largest absolute Gasteiger partial charge is 0.462 e. The van der Waals surface area contributed by atoms with Crippen molar-refractivity contribution < 1.29 is 31.8 Å². The Hall–Kier alpha value is -1.11. The molecule has 1 aliphatic rings. The van der Waals surface area contributed by atoms with Gasteiger partial charge in [-0.3, -0.25) is 4.74 Å². The molecule has 0 aliphatic carbocycles. The van der Waals surface area contributed by atoms with Gasteiger partial charge >= 0.3 is 12.1 Å². The number of alkyl halides is 4. The second-order valence-corrected chi connectivity index (χ2v) is 2.93. The summed E-state index contributed by atoms with van der Waals surface area (Å²) in [5, 5.41) is 0. The van der Waals surface area contributed by atoms with Gasteiger partial charge in [0.15, 0.2) is 0 Å². The van der Waals surface area contributed by atoms with Gasteiger partial charge in [0, 0.05) is 12.5 Å². The molecule has 0 N–H and O–H groups in total. The van der Waals surface area contributed by atoms with E-state index in [0.717, 1.165) is 6.08 Å². The fourth-order valence-electron chi connectivity index (χ4n) is 1.01. The first kappa shape index (κ1) is 12.0. The van der Waals surface area contributed by atoms with E-state index in [0.29, 0.717) is 0 Å². The summed E-state index contributed by atoms with van der Waals surface area (Å²) in [6.45, 7) is 2.37. The molecule has 0 radical (unpaired) electrons. The molecule has 1 saturated heterocycles. The number of rotatable bonds is 4. The maximum atomic E-state index is 13.2. The smallest absolute Gasteiger partial charge is 0.397 e. The Bertz CT molecular complexity index is 281. The molecule has 0 saturated carbocycles. The summed E-state index contributed by atoms with van der Waals surface area (Å²) in [6.07, 6.45) is -7.06. The van der Waals surface area contributed by atoms with E-state index in [1.807, 2.05) is 0 Å². The van der Waals surface area contributed by atoms with Crippen molar-refractivity contribution in [1.82, 2.24) is 0 Å². The van der Waals surface area contributed by atoms with Crippen LogP contribution in [0.3, 0.4) is 0 Å². The lowest BCUT2D eigenvalue weighted by molar-refractivity contribution is -0.468. The van der Waals surface area contributed by atoms with Crippen LogP contribution in [0.5, 0.6) is 0 Å². The third kappa shape index (κ3) is 1.97. The van der Waals surface area contributed by atoms with Crippen LogP contribution < -0.4 is 0 Å². The Labute approximate surface area is 82.6 Å². The maximum absolute atomic E-state index is 13.2. The van der Waals surface area contributed by atoms with Crippen LogP contribution in [-0.2, 0) is 14.3 Å². The summed E-state index contributed by atoms with van der Waals surface area (Å²) >= 11 is 0. The Morgan fingerprint density at radius 1 is 1.53 bits per heavy atom. The van der Waals surface area contributed by atoms with Crippen molar-refractivity contribution in [3.8, 4) is 0 Å². The van der Waals surface area contributed by atoms with E-state index in [9.17, 15) is 22.4 Å². The van der Waals surface area contributed by atoms with E-state index < -0.39 is 37.1 Å². The third-order valence-corrected chi connectivity index (χ3v) is 1.97. The molecule has 0 aromatic rings. The minimum atomic E-state index is -4.17. The normalized spacial score (nSPS) is 32.9. The molecular weight excluding hydrogens is 220 g/mol. The monoisotopic (exact) mass is 228 g/mol. The number of esters is 1. The predicted molar refractivity (Wildman–Crippen MR) is 40.5 cm³/mol. The molecule has 0 spiro atoms. The van der Waals surface area contributed by atoms with Gasteiger partial charge in [-0.2, -0.15) is 8.78 Å². The molecule has 1 fully saturated rings. The average molecular weight is 228 g/mol. The molecule has 0 aromatic carbocycles. The molecule has 86 valence electrons. The van der Waals surface area contributed by atoms with Crippen LogP contribution in [0.4, 0.5) is 17.6 Å². The highest BCUT2D eigenvalue weighted by Crippen LogP contribution is 2.51. The molecule has 2 unspecified atom stereocenters. The van der Waals surface area contributed by atoms with Crippen molar-refractivity contribution >= 4 is 5.97 Å². The highest BCUT2D eigenvalue weighted by Gasteiger charge is 2.73. The molecule has 2 atom stereocenters. The molecule has 15 heavy (non-hydrogen) atoms. The molecule has 1 rings (SSSR count). The van der Waals surface area contributed by atoms with Gasteiger partial charge in [-0.1, -0.05) is 6.58 Å². The minimum absolute atomic E-state index is 0.666. The SMILES string of the molecule is C=CC(=O)OCCC1(F)C(F)OC1(F)F. The van der Waals surface area contributed by atoms with Crippen molar-refractivity contribution in [2.45, 2.75) is 24.6 Å². The van der Waals surface area contributed by atoms with Crippen LogP contribution in [0, 0.1) is 0 Å². The fraction of sp³-hybridized carbons (Fsp3) is 0.625. The van der Waals surface area contributed by atoms with Crippen LogP contribution in [0.15, 0.2) is 12.7 Å². The van der Waals surface area contributed by atoms with E-state index in [1.54, 1.807) is 0 Å². The molecule has 0 aromatic heterocycles. The lowest BCUT2D eigenvalue weighted by atomic mass is 9.96. The second-order valence-electron chi connectivity index (χ2n) is 2.93. The quantitative estimate of drug-likeness (QED) is 0.417. The van der Waals surface area contributed by atoms with Gasteiger partial charge in [0.1, 0.15) is 0 Å². The van der Waals surface area contributed by atoms with Crippen LogP contribution in [-0.4, -0.2) is 30.7 Å². The Morgan fingerprint density at radius 3 is 2.53 bits per heavy atom. The van der Waals surface area contributed by atoms with Gasteiger partial charge in [-0.25, -0.2) is 13.6 Å². The standard InChI is InChI=1S/C8H8F4O3/c1-2-5(13)14-4-3-7(10)6(9)15-8(7,11)12/h2,6H,1,3-4H2. The van der Waals surface area contributed by atoms with Crippen molar-refractivity contribution in [3.05, 3.63) is 12.7 Å². The fourth-order valence-corrected chi connectivity index (χ4v) is 1.01. The third-order valence-electron chi connectivity index (χ3n) is 1.97. The average Bonchev–Trinajstić information content (AvgIpc) is 2.16. The first-order chi connectivity index (χ1) is 6.83. The Morgan fingerprint density at radius 2 is 2.13 bits per heavy atom. The van der Waals surface area contributed by atoms with E-state index in [-0.39, 0.29) is 0 Å². The van der Waals surface area contributed by atoms with Crippen LogP contribution in [0.1, 0.15) is 6.42 Å². The van der Waals surface area contributed by atoms with Gasteiger partial charge in [-0.15, -0.1) is 0 Å². The first-order valence-corrected chi connectivity index (χ1v) is 4.01. The summed E-state index contributed by atoms with van der Waals surface area (Å²) in [7, 11) is 0. The summed E-state index contributed by atoms with van der Waals surface area (Å²) in [5.74, 6) is -0.891. The van der Waals surface area contributed by atoms with Gasteiger partial charge < -0.3 is 4.74 Å². The van der Waals surface area contributed by atoms with Crippen molar-refractivity contribution in [2.75, 3.05) is 6.61 Å². The van der Waals surface area contributed by atoms with Crippen LogP contribution >= 0.6 is 0 Å². The van der Waals surface area contributed by atoms with Gasteiger partial charge in [0.05, 0.1) is 6.61 Å². The number of carbonyl (C=O) groups excluding carboxylic acids is 1. The number of carbonyl (C=O) groups is 1. The highest BCUT2D eigenvalue weighted by molar-refractivity contribution is 5.81. The lowest BCUT2D eigenvalue weighted by Gasteiger charge is -2.44. The molecular formula is C8H8F4O3. The number of halogens is 4. The lowest BCUT2D eigenvalue weighted by Crippen LogP contribution is -2.66. The summed E-state index contributed by atoms with van der Waals surface area (Å²) < 4.78 is 58.0. The number of hydrogen-bond acceptors (Lipinski definition) is 3. The second kappa shape index (κ2) is 3.80. The van der Waals surface area contributed by atoms with Crippen molar-refractivity contribution in [2.24, 2.45) is 0 Å². The zero-order valence-corrected chi connectivity index (χ0v) is 7.51. The van der Waals surface area contributed by atoms with Crippen LogP contribution in [0.25, 0.3) is 0 Å².